The summed E-state index contributed by atoms with van der Waals surface area (Å²) in [6.45, 7) is -0.287. The molecule has 0 spiro atoms. The van der Waals surface area contributed by atoms with Gasteiger partial charge in [0.2, 0.25) is 0 Å². The molecular weight excluding hydrogens is 328 g/mol. The molecule has 0 saturated carbocycles. The van der Waals surface area contributed by atoms with E-state index in [0.29, 0.717) is 16.7 Å². The van der Waals surface area contributed by atoms with Gasteiger partial charge in [-0.15, -0.1) is 0 Å². The highest BCUT2D eigenvalue weighted by Gasteiger charge is 2.37. The number of aliphatic carboxylic acids is 1. The van der Waals surface area contributed by atoms with Gasteiger partial charge in [0.05, 0.1) is 12.5 Å². The van der Waals surface area contributed by atoms with Crippen LogP contribution in [0.25, 0.3) is 6.08 Å². The van der Waals surface area contributed by atoms with Crippen molar-refractivity contribution in [2.45, 2.75) is 12.0 Å². The number of rotatable bonds is 4. The maximum Gasteiger partial charge on any atom is 0.328 e. The number of hydrogen-bond donors (Lipinski definition) is 5. The molecule has 0 saturated heterocycles. The Bertz CT molecular complexity index is 857. The van der Waals surface area contributed by atoms with Crippen LogP contribution in [0.4, 0.5) is 0 Å². The number of fused-ring (bicyclic) bond motifs is 1. The minimum atomic E-state index is -1.12. The van der Waals surface area contributed by atoms with Gasteiger partial charge >= 0.3 is 5.97 Å². The molecule has 2 unspecified atom stereocenters. The quantitative estimate of drug-likeness (QED) is 0.424. The largest absolute Gasteiger partial charge is 0.504 e. The van der Waals surface area contributed by atoms with E-state index in [9.17, 15) is 25.2 Å². The second-order valence-corrected chi connectivity index (χ2v) is 5.71. The van der Waals surface area contributed by atoms with Crippen LogP contribution in [0.5, 0.6) is 23.0 Å². The number of aliphatic hydroxyl groups excluding tert-OH is 1. The van der Waals surface area contributed by atoms with E-state index in [-0.39, 0.29) is 29.6 Å². The number of hydrogen-bond acceptors (Lipinski definition) is 6. The number of carbonyl (C=O) groups is 1. The lowest BCUT2D eigenvalue weighted by Gasteiger charge is -2.18. The Balaban J connectivity index is 2.01. The van der Waals surface area contributed by atoms with Crippen LogP contribution in [-0.2, 0) is 4.79 Å². The number of phenols is 3. The fraction of sp³-hybridized carbons (Fsp3) is 0.167. The van der Waals surface area contributed by atoms with Crippen molar-refractivity contribution in [3.8, 4) is 23.0 Å². The number of carboxylic acids is 1. The van der Waals surface area contributed by atoms with Crippen molar-refractivity contribution in [2.75, 3.05) is 6.61 Å². The maximum absolute atomic E-state index is 10.7. The van der Waals surface area contributed by atoms with Gasteiger partial charge in [-0.2, -0.15) is 0 Å². The van der Waals surface area contributed by atoms with Gasteiger partial charge in [0.1, 0.15) is 6.10 Å². The normalized spacial score (nSPS) is 18.9. The van der Waals surface area contributed by atoms with Crippen molar-refractivity contribution >= 4 is 12.0 Å². The first-order valence-electron chi connectivity index (χ1n) is 7.48. The Morgan fingerprint density at radius 3 is 2.48 bits per heavy atom. The molecule has 2 aromatic rings. The highest BCUT2D eigenvalue weighted by molar-refractivity contribution is 5.85. The topological polar surface area (TPSA) is 127 Å². The van der Waals surface area contributed by atoms with Gasteiger partial charge in [0.15, 0.2) is 23.0 Å². The fourth-order valence-corrected chi connectivity index (χ4v) is 2.91. The Hall–Kier alpha value is -3.19. The van der Waals surface area contributed by atoms with Gasteiger partial charge in [-0.05, 0) is 41.5 Å². The number of aliphatic hydroxyl groups is 1. The molecule has 0 radical (unpaired) electrons. The maximum atomic E-state index is 10.7. The van der Waals surface area contributed by atoms with Crippen LogP contribution in [0.1, 0.15) is 28.7 Å². The molecule has 1 aliphatic rings. The van der Waals surface area contributed by atoms with Gasteiger partial charge in [-0.25, -0.2) is 4.79 Å². The third kappa shape index (κ3) is 3.09. The van der Waals surface area contributed by atoms with E-state index < -0.39 is 18.0 Å². The third-order valence-corrected chi connectivity index (χ3v) is 4.07. The first-order chi connectivity index (χ1) is 11.9. The summed E-state index contributed by atoms with van der Waals surface area (Å²) >= 11 is 0. The smallest absolute Gasteiger partial charge is 0.328 e. The standard InChI is InChI=1S/C18H16O7/c19-8-12-11-5-9(1-4-16(23)24)6-15(22)18(11)25-17(12)10-2-3-13(20)14(21)7-10/h1-7,12,17,19-22H,8H2,(H,23,24). The first kappa shape index (κ1) is 16.7. The Morgan fingerprint density at radius 2 is 1.84 bits per heavy atom. The van der Waals surface area contributed by atoms with E-state index in [1.54, 1.807) is 12.1 Å². The van der Waals surface area contributed by atoms with Crippen LogP contribution in [-0.4, -0.2) is 38.1 Å². The fourth-order valence-electron chi connectivity index (χ4n) is 2.91. The average Bonchev–Trinajstić information content (AvgIpc) is 2.94. The Labute approximate surface area is 142 Å². The van der Waals surface area contributed by atoms with Crippen molar-refractivity contribution in [1.82, 2.24) is 0 Å². The van der Waals surface area contributed by atoms with Gasteiger partial charge in [0.25, 0.3) is 0 Å². The van der Waals surface area contributed by atoms with Crippen molar-refractivity contribution in [3.05, 3.63) is 53.1 Å². The summed E-state index contributed by atoms with van der Waals surface area (Å²) in [7, 11) is 0. The van der Waals surface area contributed by atoms with E-state index in [1.165, 1.54) is 24.3 Å². The minimum Gasteiger partial charge on any atom is -0.504 e. The predicted octanol–water partition coefficient (Wildman–Crippen LogP) is 2.11. The van der Waals surface area contributed by atoms with Crippen LogP contribution in [0, 0.1) is 0 Å². The molecule has 0 fully saturated rings. The highest BCUT2D eigenvalue weighted by atomic mass is 16.5. The predicted molar refractivity (Wildman–Crippen MR) is 87.7 cm³/mol. The second-order valence-electron chi connectivity index (χ2n) is 5.71. The number of phenolic OH excluding ortho intramolecular Hbond substituents is 3. The monoisotopic (exact) mass is 344 g/mol. The van der Waals surface area contributed by atoms with E-state index in [1.807, 2.05) is 0 Å². The van der Waals surface area contributed by atoms with Crippen LogP contribution >= 0.6 is 0 Å². The molecule has 25 heavy (non-hydrogen) atoms. The Morgan fingerprint density at radius 1 is 1.08 bits per heavy atom. The molecule has 0 amide bonds. The molecule has 3 rings (SSSR count). The Kier molecular flexibility index (Phi) is 4.24. The van der Waals surface area contributed by atoms with E-state index >= 15 is 0 Å². The second kappa shape index (κ2) is 6.37. The van der Waals surface area contributed by atoms with Crippen LogP contribution < -0.4 is 4.74 Å². The molecule has 7 heteroatoms. The summed E-state index contributed by atoms with van der Waals surface area (Å²) in [6.07, 6.45) is 1.60. The number of benzene rings is 2. The molecule has 0 aromatic heterocycles. The molecule has 1 aliphatic heterocycles. The van der Waals surface area contributed by atoms with Crippen molar-refractivity contribution < 1.29 is 35.1 Å². The molecule has 0 bridgehead atoms. The summed E-state index contributed by atoms with van der Waals surface area (Å²) < 4.78 is 5.76. The molecular formula is C18H16O7. The first-order valence-corrected chi connectivity index (χ1v) is 7.48. The van der Waals surface area contributed by atoms with E-state index in [4.69, 9.17) is 9.84 Å². The van der Waals surface area contributed by atoms with Crippen LogP contribution in [0.3, 0.4) is 0 Å². The zero-order chi connectivity index (χ0) is 18.1. The lowest BCUT2D eigenvalue weighted by molar-refractivity contribution is -0.131. The number of carboxylic acid groups (broad SMARTS) is 1. The minimum absolute atomic E-state index is 0.175. The number of aromatic hydroxyl groups is 3. The van der Waals surface area contributed by atoms with Gasteiger partial charge in [-0.1, -0.05) is 6.07 Å². The SMILES string of the molecule is O=C(O)C=Cc1cc(O)c2c(c1)C(CO)C(c1ccc(O)c(O)c1)O2. The van der Waals surface area contributed by atoms with Crippen molar-refractivity contribution in [2.24, 2.45) is 0 Å². The van der Waals surface area contributed by atoms with Crippen molar-refractivity contribution in [3.63, 3.8) is 0 Å². The van der Waals surface area contributed by atoms with Crippen LogP contribution in [0.15, 0.2) is 36.4 Å². The lowest BCUT2D eigenvalue weighted by Crippen LogP contribution is -2.13. The molecule has 130 valence electrons. The van der Waals surface area contributed by atoms with Gasteiger partial charge in [0, 0.05) is 11.6 Å². The van der Waals surface area contributed by atoms with Crippen molar-refractivity contribution in [1.29, 1.82) is 0 Å². The highest BCUT2D eigenvalue weighted by Crippen LogP contribution is 2.51. The zero-order valence-corrected chi connectivity index (χ0v) is 13.0. The lowest BCUT2D eigenvalue weighted by atomic mass is 9.90. The van der Waals surface area contributed by atoms with E-state index in [2.05, 4.69) is 0 Å². The van der Waals surface area contributed by atoms with E-state index in [0.717, 1.165) is 6.08 Å². The zero-order valence-electron chi connectivity index (χ0n) is 13.0. The number of ether oxygens (including phenoxy) is 1. The van der Waals surface area contributed by atoms with Crippen LogP contribution in [0.2, 0.25) is 0 Å². The summed E-state index contributed by atoms with van der Waals surface area (Å²) in [6, 6.07) is 7.19. The molecule has 5 N–H and O–H groups in total. The third-order valence-electron chi connectivity index (χ3n) is 4.07. The van der Waals surface area contributed by atoms with Gasteiger partial charge in [-0.3, -0.25) is 0 Å². The van der Waals surface area contributed by atoms with Gasteiger partial charge < -0.3 is 30.3 Å². The molecule has 2 aromatic carbocycles. The summed E-state index contributed by atoms with van der Waals surface area (Å²) in [5.41, 5.74) is 1.51. The summed E-state index contributed by atoms with van der Waals surface area (Å²) in [5.74, 6) is -2.21. The summed E-state index contributed by atoms with van der Waals surface area (Å²) in [4.78, 5) is 10.7. The average molecular weight is 344 g/mol. The molecule has 7 nitrogen and oxygen atoms in total. The molecule has 2 atom stereocenters. The molecule has 0 aliphatic carbocycles. The molecule has 1 heterocycles. The summed E-state index contributed by atoms with van der Waals surface area (Å²) in [5, 5.41) is 47.8.